The van der Waals surface area contributed by atoms with E-state index in [2.05, 4.69) is 17.6 Å². The van der Waals surface area contributed by atoms with E-state index in [0.29, 0.717) is 18.4 Å². The number of rotatable bonds is 2. The Balaban J connectivity index is 1.85. The fourth-order valence-corrected chi connectivity index (χ4v) is 3.13. The Kier molecular flexibility index (Phi) is 3.09. The van der Waals surface area contributed by atoms with Crippen LogP contribution < -0.4 is 16.4 Å². The number of benzene rings is 1. The van der Waals surface area contributed by atoms with Crippen molar-refractivity contribution in [1.82, 2.24) is 0 Å². The van der Waals surface area contributed by atoms with Gasteiger partial charge in [0.25, 0.3) is 0 Å². The van der Waals surface area contributed by atoms with Gasteiger partial charge in [0.1, 0.15) is 0 Å². The molecule has 4 heteroatoms. The monoisotopic (exact) mass is 259 g/mol. The molecule has 0 aromatic heterocycles. The van der Waals surface area contributed by atoms with Gasteiger partial charge in [0.05, 0.1) is 11.4 Å². The molecule has 1 aliphatic carbocycles. The number of carbonyl (C=O) groups is 1. The minimum atomic E-state index is 0.0949. The molecule has 1 saturated carbocycles. The van der Waals surface area contributed by atoms with E-state index in [1.807, 2.05) is 12.1 Å². The summed E-state index contributed by atoms with van der Waals surface area (Å²) < 4.78 is 0. The van der Waals surface area contributed by atoms with Gasteiger partial charge in [-0.2, -0.15) is 0 Å². The van der Waals surface area contributed by atoms with Gasteiger partial charge in [-0.1, -0.05) is 13.3 Å². The largest absolute Gasteiger partial charge is 0.397 e. The lowest BCUT2D eigenvalue weighted by Crippen LogP contribution is -2.24. The van der Waals surface area contributed by atoms with Crippen molar-refractivity contribution in [3.63, 3.8) is 0 Å². The van der Waals surface area contributed by atoms with Gasteiger partial charge in [0, 0.05) is 18.2 Å². The molecule has 1 aromatic carbocycles. The van der Waals surface area contributed by atoms with Gasteiger partial charge in [0.2, 0.25) is 5.91 Å². The van der Waals surface area contributed by atoms with E-state index < -0.39 is 0 Å². The van der Waals surface area contributed by atoms with Gasteiger partial charge in [-0.15, -0.1) is 0 Å². The molecule has 2 unspecified atom stereocenters. The van der Waals surface area contributed by atoms with E-state index in [9.17, 15) is 4.79 Å². The molecule has 1 aliphatic heterocycles. The Morgan fingerprint density at radius 2 is 2.16 bits per heavy atom. The average Bonchev–Trinajstić information content (AvgIpc) is 2.77. The third kappa shape index (κ3) is 2.39. The smallest absolute Gasteiger partial charge is 0.224 e. The molecule has 4 nitrogen and oxygen atoms in total. The predicted octanol–water partition coefficient (Wildman–Crippen LogP) is 2.75. The van der Waals surface area contributed by atoms with Crippen molar-refractivity contribution < 1.29 is 4.79 Å². The van der Waals surface area contributed by atoms with E-state index in [4.69, 9.17) is 5.73 Å². The van der Waals surface area contributed by atoms with Crippen LogP contribution in [-0.4, -0.2) is 11.9 Å². The Morgan fingerprint density at radius 3 is 2.89 bits per heavy atom. The van der Waals surface area contributed by atoms with Gasteiger partial charge in [-0.25, -0.2) is 0 Å². The topological polar surface area (TPSA) is 67.1 Å². The molecule has 2 atom stereocenters. The van der Waals surface area contributed by atoms with Gasteiger partial charge in [-0.05, 0) is 42.9 Å². The molecule has 2 aliphatic rings. The molecule has 0 radical (unpaired) electrons. The Labute approximate surface area is 113 Å². The highest BCUT2D eigenvalue weighted by molar-refractivity contribution is 5.95. The predicted molar refractivity (Wildman–Crippen MR) is 78.2 cm³/mol. The number of nitrogens with two attached hydrogens (primary N) is 1. The summed E-state index contributed by atoms with van der Waals surface area (Å²) in [6, 6.07) is 4.49. The van der Waals surface area contributed by atoms with E-state index in [1.54, 1.807) is 0 Å². The second-order valence-corrected chi connectivity index (χ2v) is 5.80. The highest BCUT2D eigenvalue weighted by Crippen LogP contribution is 2.34. The second kappa shape index (κ2) is 4.76. The summed E-state index contributed by atoms with van der Waals surface area (Å²) in [5.74, 6) is 0.780. The van der Waals surface area contributed by atoms with E-state index in [0.717, 1.165) is 29.0 Å². The molecule has 19 heavy (non-hydrogen) atoms. The van der Waals surface area contributed by atoms with Gasteiger partial charge < -0.3 is 16.4 Å². The van der Waals surface area contributed by atoms with Crippen LogP contribution in [0.4, 0.5) is 17.1 Å². The summed E-state index contributed by atoms with van der Waals surface area (Å²) in [5, 5.41) is 6.48. The zero-order chi connectivity index (χ0) is 13.4. The van der Waals surface area contributed by atoms with Crippen LogP contribution in [0.25, 0.3) is 0 Å². The molecule has 0 saturated heterocycles. The van der Waals surface area contributed by atoms with Crippen LogP contribution in [0.15, 0.2) is 12.1 Å². The normalized spacial score (nSPS) is 25.8. The van der Waals surface area contributed by atoms with Crippen LogP contribution in [0.3, 0.4) is 0 Å². The number of aryl methyl sites for hydroxylation is 1. The summed E-state index contributed by atoms with van der Waals surface area (Å²) in [6.07, 6.45) is 5.09. The van der Waals surface area contributed by atoms with Crippen molar-refractivity contribution in [2.24, 2.45) is 5.92 Å². The Bertz CT molecular complexity index is 512. The summed E-state index contributed by atoms with van der Waals surface area (Å²) in [7, 11) is 0. The molecule has 1 fully saturated rings. The van der Waals surface area contributed by atoms with Crippen molar-refractivity contribution in [2.75, 3.05) is 16.4 Å². The number of anilines is 3. The standard InChI is InChI=1S/C15H21N3O/c1-9-3-2-4-12(9)17-14-8-13-10(7-11(14)16)5-6-15(19)18-13/h7-9,12,17H,2-6,16H2,1H3,(H,18,19). The van der Waals surface area contributed by atoms with Crippen LogP contribution in [0, 0.1) is 5.92 Å². The summed E-state index contributed by atoms with van der Waals surface area (Å²) >= 11 is 0. The summed E-state index contributed by atoms with van der Waals surface area (Å²) in [4.78, 5) is 11.5. The molecule has 1 heterocycles. The third-order valence-electron chi connectivity index (χ3n) is 4.37. The number of carbonyl (C=O) groups excluding carboxylic acids is 1. The molecule has 0 spiro atoms. The van der Waals surface area contributed by atoms with Crippen molar-refractivity contribution >= 4 is 23.0 Å². The molecular weight excluding hydrogens is 238 g/mol. The number of nitrogens with one attached hydrogen (secondary N) is 2. The Morgan fingerprint density at radius 1 is 1.32 bits per heavy atom. The van der Waals surface area contributed by atoms with Crippen LogP contribution in [0.2, 0.25) is 0 Å². The lowest BCUT2D eigenvalue weighted by atomic mass is 10.0. The minimum Gasteiger partial charge on any atom is -0.397 e. The van der Waals surface area contributed by atoms with Gasteiger partial charge in [0.15, 0.2) is 0 Å². The molecule has 102 valence electrons. The lowest BCUT2D eigenvalue weighted by Gasteiger charge is -2.23. The SMILES string of the molecule is CC1CCCC1Nc1cc2c(cc1N)CCC(=O)N2. The van der Waals surface area contributed by atoms with Crippen molar-refractivity contribution in [3.8, 4) is 0 Å². The maximum atomic E-state index is 11.5. The highest BCUT2D eigenvalue weighted by atomic mass is 16.1. The summed E-state index contributed by atoms with van der Waals surface area (Å²) in [5.41, 5.74) is 9.93. The van der Waals surface area contributed by atoms with E-state index in [1.165, 1.54) is 19.3 Å². The first-order valence-corrected chi connectivity index (χ1v) is 7.12. The van der Waals surface area contributed by atoms with Gasteiger partial charge in [-0.3, -0.25) is 4.79 Å². The molecule has 1 amide bonds. The fraction of sp³-hybridized carbons (Fsp3) is 0.533. The molecular formula is C15H21N3O. The van der Waals surface area contributed by atoms with Crippen LogP contribution in [0.5, 0.6) is 0 Å². The molecule has 4 N–H and O–H groups in total. The van der Waals surface area contributed by atoms with E-state index >= 15 is 0 Å². The highest BCUT2D eigenvalue weighted by Gasteiger charge is 2.24. The average molecular weight is 259 g/mol. The van der Waals surface area contributed by atoms with Crippen LogP contribution >= 0.6 is 0 Å². The zero-order valence-electron chi connectivity index (χ0n) is 11.3. The quantitative estimate of drug-likeness (QED) is 0.715. The molecule has 3 rings (SSSR count). The fourth-order valence-electron chi connectivity index (χ4n) is 3.13. The summed E-state index contributed by atoms with van der Waals surface area (Å²) in [6.45, 7) is 2.28. The zero-order valence-corrected chi connectivity index (χ0v) is 11.3. The Hall–Kier alpha value is -1.71. The first kappa shape index (κ1) is 12.3. The molecule has 0 bridgehead atoms. The maximum absolute atomic E-state index is 11.5. The number of hydrogen-bond donors (Lipinski definition) is 3. The van der Waals surface area contributed by atoms with Crippen molar-refractivity contribution in [2.45, 2.75) is 45.1 Å². The van der Waals surface area contributed by atoms with Crippen LogP contribution in [0.1, 0.15) is 38.2 Å². The van der Waals surface area contributed by atoms with Crippen LogP contribution in [-0.2, 0) is 11.2 Å². The number of nitrogen functional groups attached to an aromatic ring is 1. The minimum absolute atomic E-state index is 0.0949. The third-order valence-corrected chi connectivity index (χ3v) is 4.37. The first-order chi connectivity index (χ1) is 9.13. The number of amides is 1. The van der Waals surface area contributed by atoms with Crippen molar-refractivity contribution in [3.05, 3.63) is 17.7 Å². The van der Waals surface area contributed by atoms with Crippen molar-refractivity contribution in [1.29, 1.82) is 0 Å². The maximum Gasteiger partial charge on any atom is 0.224 e. The van der Waals surface area contributed by atoms with Gasteiger partial charge >= 0.3 is 0 Å². The first-order valence-electron chi connectivity index (χ1n) is 7.12. The number of fused-ring (bicyclic) bond motifs is 1. The molecule has 1 aromatic rings. The lowest BCUT2D eigenvalue weighted by molar-refractivity contribution is -0.116. The number of hydrogen-bond acceptors (Lipinski definition) is 3. The van der Waals surface area contributed by atoms with E-state index in [-0.39, 0.29) is 5.91 Å². The second-order valence-electron chi connectivity index (χ2n) is 5.80.